The lowest BCUT2D eigenvalue weighted by atomic mass is 10.0. The van der Waals surface area contributed by atoms with E-state index < -0.39 is 0 Å². The van der Waals surface area contributed by atoms with Crippen LogP contribution in [0.25, 0.3) is 0 Å². The van der Waals surface area contributed by atoms with Crippen LogP contribution in [0.15, 0.2) is 12.4 Å². The first-order valence-electron chi connectivity index (χ1n) is 5.89. The van der Waals surface area contributed by atoms with Crippen molar-refractivity contribution >= 4 is 0 Å². The lowest BCUT2D eigenvalue weighted by Gasteiger charge is -2.13. The molecule has 0 aromatic carbocycles. The van der Waals surface area contributed by atoms with Gasteiger partial charge in [-0.05, 0) is 25.7 Å². The van der Waals surface area contributed by atoms with Gasteiger partial charge in [0.1, 0.15) is 5.82 Å². The van der Waals surface area contributed by atoms with Crippen LogP contribution in [0.3, 0.4) is 0 Å². The third-order valence-electron chi connectivity index (χ3n) is 2.70. The Morgan fingerprint density at radius 2 is 2.13 bits per heavy atom. The van der Waals surface area contributed by atoms with Crippen LogP contribution in [0.1, 0.15) is 39.4 Å². The monoisotopic (exact) mass is 209 g/mol. The van der Waals surface area contributed by atoms with E-state index in [2.05, 4.69) is 30.3 Å². The van der Waals surface area contributed by atoms with Crippen molar-refractivity contribution in [2.45, 2.75) is 52.6 Å². The summed E-state index contributed by atoms with van der Waals surface area (Å²) in [7, 11) is 0. The summed E-state index contributed by atoms with van der Waals surface area (Å²) in [6.45, 7) is 7.58. The molecule has 0 aliphatic carbocycles. The second-order valence-electron chi connectivity index (χ2n) is 4.56. The van der Waals surface area contributed by atoms with Crippen LogP contribution in [-0.4, -0.2) is 15.6 Å². The van der Waals surface area contributed by atoms with E-state index >= 15 is 0 Å². The molecule has 1 atom stereocenters. The van der Waals surface area contributed by atoms with Gasteiger partial charge in [-0.2, -0.15) is 0 Å². The fourth-order valence-electron chi connectivity index (χ4n) is 1.70. The molecular weight excluding hydrogens is 186 g/mol. The maximum atomic E-state index is 6.08. The summed E-state index contributed by atoms with van der Waals surface area (Å²) in [6.07, 6.45) is 7.06. The van der Waals surface area contributed by atoms with Gasteiger partial charge in [-0.15, -0.1) is 0 Å². The maximum Gasteiger partial charge on any atom is 0.110 e. The smallest absolute Gasteiger partial charge is 0.110 e. The van der Waals surface area contributed by atoms with Crippen LogP contribution < -0.4 is 5.73 Å². The number of nitrogens with zero attached hydrogens (tertiary/aromatic N) is 2. The van der Waals surface area contributed by atoms with E-state index in [1.807, 2.05) is 12.4 Å². The van der Waals surface area contributed by atoms with Gasteiger partial charge < -0.3 is 10.3 Å². The molecule has 0 aliphatic rings. The summed E-state index contributed by atoms with van der Waals surface area (Å²) < 4.78 is 2.16. The number of hydrogen-bond acceptors (Lipinski definition) is 2. The Kier molecular flexibility index (Phi) is 4.82. The van der Waals surface area contributed by atoms with Crippen LogP contribution in [0, 0.1) is 5.92 Å². The summed E-state index contributed by atoms with van der Waals surface area (Å²) in [5.74, 6) is 1.86. The van der Waals surface area contributed by atoms with Gasteiger partial charge in [0.15, 0.2) is 0 Å². The highest BCUT2D eigenvalue weighted by molar-refractivity contribution is 4.94. The molecule has 2 N–H and O–H groups in total. The van der Waals surface area contributed by atoms with E-state index in [-0.39, 0.29) is 6.04 Å². The van der Waals surface area contributed by atoms with Gasteiger partial charge in [-0.1, -0.05) is 13.8 Å². The van der Waals surface area contributed by atoms with Crippen LogP contribution in [-0.2, 0) is 13.0 Å². The number of aryl methyl sites for hydroxylation is 1. The largest absolute Gasteiger partial charge is 0.335 e. The Labute approximate surface area is 92.7 Å². The summed E-state index contributed by atoms with van der Waals surface area (Å²) in [6, 6.07) is 0.250. The highest BCUT2D eigenvalue weighted by Crippen LogP contribution is 2.09. The van der Waals surface area contributed by atoms with Crippen molar-refractivity contribution in [2.75, 3.05) is 0 Å². The number of nitrogens with two attached hydrogens (primary N) is 1. The second-order valence-corrected chi connectivity index (χ2v) is 4.56. The molecule has 0 spiro atoms. The minimum absolute atomic E-state index is 0.250. The molecule has 3 heteroatoms. The fraction of sp³-hybridized carbons (Fsp3) is 0.750. The molecule has 0 radical (unpaired) electrons. The molecule has 3 nitrogen and oxygen atoms in total. The standard InChI is InChI=1S/C12H23N3/c1-4-15-8-7-14-12(15)9-11(13)6-5-10(2)3/h7-8,10-11H,4-6,9,13H2,1-3H3. The molecule has 15 heavy (non-hydrogen) atoms. The SMILES string of the molecule is CCn1ccnc1CC(N)CCC(C)C. The molecule has 0 fully saturated rings. The number of imidazole rings is 1. The lowest BCUT2D eigenvalue weighted by molar-refractivity contribution is 0.483. The average Bonchev–Trinajstić information content (AvgIpc) is 2.62. The molecule has 0 aliphatic heterocycles. The zero-order valence-electron chi connectivity index (χ0n) is 10.1. The first-order chi connectivity index (χ1) is 7.13. The van der Waals surface area contributed by atoms with Crippen molar-refractivity contribution in [1.29, 1.82) is 0 Å². The van der Waals surface area contributed by atoms with Crippen molar-refractivity contribution in [3.63, 3.8) is 0 Å². The topological polar surface area (TPSA) is 43.8 Å². The molecule has 0 saturated heterocycles. The van der Waals surface area contributed by atoms with Crippen LogP contribution in [0.5, 0.6) is 0 Å². The molecule has 1 heterocycles. The summed E-state index contributed by atoms with van der Waals surface area (Å²) in [4.78, 5) is 4.34. The first-order valence-corrected chi connectivity index (χ1v) is 5.89. The minimum Gasteiger partial charge on any atom is -0.335 e. The average molecular weight is 209 g/mol. The molecule has 86 valence electrons. The van der Waals surface area contributed by atoms with Gasteiger partial charge in [0.05, 0.1) is 0 Å². The molecule has 1 aromatic rings. The molecule has 0 amide bonds. The van der Waals surface area contributed by atoms with Gasteiger partial charge in [0, 0.05) is 31.4 Å². The Hall–Kier alpha value is -0.830. The van der Waals surface area contributed by atoms with Crippen LogP contribution in [0.4, 0.5) is 0 Å². The fourth-order valence-corrected chi connectivity index (χ4v) is 1.70. The van der Waals surface area contributed by atoms with E-state index in [4.69, 9.17) is 5.73 Å². The number of rotatable bonds is 6. The van der Waals surface area contributed by atoms with Crippen molar-refractivity contribution in [1.82, 2.24) is 9.55 Å². The minimum atomic E-state index is 0.250. The van der Waals surface area contributed by atoms with E-state index in [1.165, 1.54) is 6.42 Å². The molecule has 1 unspecified atom stereocenters. The zero-order chi connectivity index (χ0) is 11.3. The predicted octanol–water partition coefficient (Wildman–Crippen LogP) is 2.21. The molecule has 0 bridgehead atoms. The first kappa shape index (κ1) is 12.2. The third kappa shape index (κ3) is 4.04. The quantitative estimate of drug-likeness (QED) is 0.780. The maximum absolute atomic E-state index is 6.08. The Bertz CT molecular complexity index is 278. The highest BCUT2D eigenvalue weighted by atomic mass is 15.1. The van der Waals surface area contributed by atoms with E-state index in [9.17, 15) is 0 Å². The zero-order valence-corrected chi connectivity index (χ0v) is 10.1. The van der Waals surface area contributed by atoms with Crippen LogP contribution in [0.2, 0.25) is 0 Å². The molecule has 1 rings (SSSR count). The van der Waals surface area contributed by atoms with Crippen molar-refractivity contribution in [3.8, 4) is 0 Å². The second kappa shape index (κ2) is 5.91. The van der Waals surface area contributed by atoms with Crippen LogP contribution >= 0.6 is 0 Å². The number of aromatic nitrogens is 2. The van der Waals surface area contributed by atoms with Gasteiger partial charge >= 0.3 is 0 Å². The highest BCUT2D eigenvalue weighted by Gasteiger charge is 2.09. The van der Waals surface area contributed by atoms with Gasteiger partial charge in [-0.25, -0.2) is 4.98 Å². The van der Waals surface area contributed by atoms with E-state index in [0.29, 0.717) is 0 Å². The number of hydrogen-bond donors (Lipinski definition) is 1. The Morgan fingerprint density at radius 3 is 2.73 bits per heavy atom. The Balaban J connectivity index is 2.40. The molecule has 1 aromatic heterocycles. The summed E-state index contributed by atoms with van der Waals surface area (Å²) >= 11 is 0. The predicted molar refractivity (Wildman–Crippen MR) is 63.7 cm³/mol. The normalized spacial score (nSPS) is 13.4. The van der Waals surface area contributed by atoms with Gasteiger partial charge in [-0.3, -0.25) is 0 Å². The van der Waals surface area contributed by atoms with E-state index in [1.54, 1.807) is 0 Å². The van der Waals surface area contributed by atoms with Crippen molar-refractivity contribution < 1.29 is 0 Å². The van der Waals surface area contributed by atoms with Crippen molar-refractivity contribution in [3.05, 3.63) is 18.2 Å². The van der Waals surface area contributed by atoms with Crippen molar-refractivity contribution in [2.24, 2.45) is 11.7 Å². The molecular formula is C12H23N3. The molecule has 0 saturated carbocycles. The lowest BCUT2D eigenvalue weighted by Crippen LogP contribution is -2.25. The van der Waals surface area contributed by atoms with Gasteiger partial charge in [0.25, 0.3) is 0 Å². The Morgan fingerprint density at radius 1 is 1.40 bits per heavy atom. The van der Waals surface area contributed by atoms with Gasteiger partial charge in [0.2, 0.25) is 0 Å². The van der Waals surface area contributed by atoms with E-state index in [0.717, 1.165) is 31.1 Å². The third-order valence-corrected chi connectivity index (χ3v) is 2.70. The summed E-state index contributed by atoms with van der Waals surface area (Å²) in [5.41, 5.74) is 6.08. The summed E-state index contributed by atoms with van der Waals surface area (Å²) in [5, 5.41) is 0.